The lowest BCUT2D eigenvalue weighted by molar-refractivity contribution is 0.104. The van der Waals surface area contributed by atoms with Gasteiger partial charge >= 0.3 is 0 Å². The van der Waals surface area contributed by atoms with Crippen LogP contribution in [0.3, 0.4) is 0 Å². The number of hydrogen-bond donors (Lipinski definition) is 2. The number of nitrogens with one attached hydrogen (secondary N) is 1. The summed E-state index contributed by atoms with van der Waals surface area (Å²) in [5.74, 6) is -0.143. The smallest absolute Gasteiger partial charge is 0.216 e. The summed E-state index contributed by atoms with van der Waals surface area (Å²) in [5, 5.41) is 3.11. The Morgan fingerprint density at radius 2 is 2.33 bits per heavy atom. The zero-order chi connectivity index (χ0) is 13.1. The van der Waals surface area contributed by atoms with Gasteiger partial charge in [-0.2, -0.15) is 4.39 Å². The first-order chi connectivity index (χ1) is 8.61. The third-order valence-electron chi connectivity index (χ3n) is 2.05. The topological polar surface area (TPSA) is 68.0 Å². The van der Waals surface area contributed by atoms with Gasteiger partial charge < -0.3 is 11.1 Å². The van der Waals surface area contributed by atoms with E-state index in [1.54, 1.807) is 6.08 Å². The number of ketones is 1. The molecular weight excluding hydrogens is 273 g/mol. The van der Waals surface area contributed by atoms with E-state index in [0.29, 0.717) is 21.4 Å². The second-order valence-corrected chi connectivity index (χ2v) is 5.37. The van der Waals surface area contributed by atoms with Crippen molar-refractivity contribution < 1.29 is 9.18 Å². The van der Waals surface area contributed by atoms with Crippen molar-refractivity contribution in [1.29, 1.82) is 0 Å². The van der Waals surface area contributed by atoms with Crippen molar-refractivity contribution in [2.24, 2.45) is 0 Å². The molecule has 0 spiro atoms. The summed E-state index contributed by atoms with van der Waals surface area (Å²) in [6.45, 7) is 4.10. The number of carbonyl (C=O) groups is 1. The highest BCUT2D eigenvalue weighted by Gasteiger charge is 2.19. The first-order valence-electron chi connectivity index (χ1n) is 5.03. The van der Waals surface area contributed by atoms with Gasteiger partial charge in [0, 0.05) is 6.54 Å². The molecule has 0 aliphatic carbocycles. The number of carbonyl (C=O) groups excluding carboxylic acids is 1. The third-order valence-corrected chi connectivity index (χ3v) is 3.95. The van der Waals surface area contributed by atoms with Gasteiger partial charge in [0.25, 0.3) is 0 Å². The van der Waals surface area contributed by atoms with E-state index in [4.69, 9.17) is 5.73 Å². The van der Waals surface area contributed by atoms with Gasteiger partial charge in [0.15, 0.2) is 10.3 Å². The lowest BCUT2D eigenvalue weighted by Crippen LogP contribution is -2.00. The number of anilines is 2. The Labute approximate surface area is 111 Å². The zero-order valence-corrected chi connectivity index (χ0v) is 10.9. The van der Waals surface area contributed by atoms with Crippen LogP contribution >= 0.6 is 22.7 Å². The molecule has 0 atom stereocenters. The van der Waals surface area contributed by atoms with Crippen LogP contribution in [-0.4, -0.2) is 17.3 Å². The molecule has 0 unspecified atom stereocenters. The molecule has 0 bridgehead atoms. The summed E-state index contributed by atoms with van der Waals surface area (Å²) >= 11 is 1.95. The molecule has 0 aliphatic heterocycles. The fraction of sp³-hybridized carbons (Fsp3) is 0.0909. The average molecular weight is 283 g/mol. The number of nitrogens with two attached hydrogens (primary N) is 1. The minimum Gasteiger partial charge on any atom is -0.382 e. The van der Waals surface area contributed by atoms with E-state index in [-0.39, 0.29) is 11.6 Å². The van der Waals surface area contributed by atoms with Crippen molar-refractivity contribution in [1.82, 2.24) is 4.98 Å². The minimum atomic E-state index is -0.397. The molecule has 2 heterocycles. The Balaban J connectivity index is 2.25. The number of aromatic nitrogens is 1. The van der Waals surface area contributed by atoms with E-state index in [0.717, 1.165) is 22.7 Å². The highest BCUT2D eigenvalue weighted by Crippen LogP contribution is 2.29. The molecule has 0 saturated carbocycles. The summed E-state index contributed by atoms with van der Waals surface area (Å²) in [6.07, 6.45) is 1.67. The van der Waals surface area contributed by atoms with Crippen LogP contribution in [0.1, 0.15) is 14.5 Å². The molecule has 0 radical (unpaired) electrons. The zero-order valence-electron chi connectivity index (χ0n) is 9.27. The number of rotatable bonds is 5. The summed E-state index contributed by atoms with van der Waals surface area (Å²) in [7, 11) is 0. The van der Waals surface area contributed by atoms with Crippen LogP contribution in [0.15, 0.2) is 24.8 Å². The molecule has 0 aromatic carbocycles. The van der Waals surface area contributed by atoms with Gasteiger partial charge in [-0.15, -0.1) is 17.9 Å². The van der Waals surface area contributed by atoms with Crippen LogP contribution in [0.4, 0.5) is 15.3 Å². The Morgan fingerprint density at radius 1 is 1.56 bits per heavy atom. The lowest BCUT2D eigenvalue weighted by Gasteiger charge is -1.94. The maximum Gasteiger partial charge on any atom is 0.216 e. The molecule has 0 aliphatic rings. The molecule has 18 heavy (non-hydrogen) atoms. The first kappa shape index (κ1) is 12.7. The fourth-order valence-corrected chi connectivity index (χ4v) is 2.87. The van der Waals surface area contributed by atoms with Crippen molar-refractivity contribution in [2.75, 3.05) is 17.6 Å². The van der Waals surface area contributed by atoms with E-state index in [1.807, 2.05) is 0 Å². The second kappa shape index (κ2) is 5.28. The third kappa shape index (κ3) is 2.57. The van der Waals surface area contributed by atoms with Crippen molar-refractivity contribution in [2.45, 2.75) is 0 Å². The van der Waals surface area contributed by atoms with E-state index in [9.17, 15) is 9.18 Å². The number of hydrogen-bond acceptors (Lipinski definition) is 6. The van der Waals surface area contributed by atoms with Crippen LogP contribution < -0.4 is 11.1 Å². The van der Waals surface area contributed by atoms with Gasteiger partial charge in [-0.05, 0) is 12.1 Å². The highest BCUT2D eigenvalue weighted by molar-refractivity contribution is 7.19. The van der Waals surface area contributed by atoms with Crippen molar-refractivity contribution in [3.05, 3.63) is 39.7 Å². The summed E-state index contributed by atoms with van der Waals surface area (Å²) in [4.78, 5) is 16.7. The van der Waals surface area contributed by atoms with E-state index in [2.05, 4.69) is 16.9 Å². The van der Waals surface area contributed by atoms with Crippen LogP contribution in [0.5, 0.6) is 0 Å². The standard InChI is InChI=1S/C11H10FN3OS2/c1-2-5-14-11-15-10(13)9(18-11)8(16)6-3-4-7(12)17-6/h2-4H,1,5,13H2,(H,14,15). The maximum atomic E-state index is 12.9. The maximum absolute atomic E-state index is 12.9. The quantitative estimate of drug-likeness (QED) is 0.654. The first-order valence-corrected chi connectivity index (χ1v) is 6.66. The molecule has 94 valence electrons. The fourth-order valence-electron chi connectivity index (χ4n) is 1.28. The molecule has 4 nitrogen and oxygen atoms in total. The Bertz CT molecular complexity index is 591. The summed E-state index contributed by atoms with van der Waals surface area (Å²) in [5.41, 5.74) is 5.68. The Kier molecular flexibility index (Phi) is 3.73. The Hall–Kier alpha value is -1.73. The van der Waals surface area contributed by atoms with Gasteiger partial charge in [-0.3, -0.25) is 4.79 Å². The highest BCUT2D eigenvalue weighted by atomic mass is 32.1. The predicted molar refractivity (Wildman–Crippen MR) is 72.9 cm³/mol. The molecule has 2 aromatic rings. The molecule has 0 saturated heterocycles. The average Bonchev–Trinajstić information content (AvgIpc) is 2.92. The predicted octanol–water partition coefficient (Wildman–Crippen LogP) is 2.75. The van der Waals surface area contributed by atoms with Gasteiger partial charge in [-0.1, -0.05) is 17.4 Å². The lowest BCUT2D eigenvalue weighted by atomic mass is 10.3. The minimum absolute atomic E-state index is 0.158. The molecule has 3 N–H and O–H groups in total. The van der Waals surface area contributed by atoms with Gasteiger partial charge in [-0.25, -0.2) is 4.98 Å². The normalized spacial score (nSPS) is 10.3. The Morgan fingerprint density at radius 3 is 2.94 bits per heavy atom. The molecular formula is C11H10FN3OS2. The molecule has 0 amide bonds. The molecule has 2 rings (SSSR count). The SMILES string of the molecule is C=CCNc1nc(N)c(C(=O)c2ccc(F)s2)s1. The van der Waals surface area contributed by atoms with E-state index < -0.39 is 5.13 Å². The second-order valence-electron chi connectivity index (χ2n) is 3.34. The number of nitrogen functional groups attached to an aromatic ring is 1. The van der Waals surface area contributed by atoms with Crippen LogP contribution in [0, 0.1) is 5.13 Å². The van der Waals surface area contributed by atoms with Gasteiger partial charge in [0.1, 0.15) is 10.7 Å². The number of thiophene rings is 1. The van der Waals surface area contributed by atoms with Crippen molar-refractivity contribution in [3.8, 4) is 0 Å². The summed E-state index contributed by atoms with van der Waals surface area (Å²) in [6, 6.07) is 2.70. The number of nitrogens with zero attached hydrogens (tertiary/aromatic N) is 1. The van der Waals surface area contributed by atoms with Gasteiger partial charge in [0.2, 0.25) is 5.78 Å². The molecule has 0 fully saturated rings. The number of halogens is 1. The van der Waals surface area contributed by atoms with E-state index in [1.165, 1.54) is 12.1 Å². The molecule has 2 aromatic heterocycles. The number of thiazole rings is 1. The molecule has 7 heteroatoms. The largest absolute Gasteiger partial charge is 0.382 e. The van der Waals surface area contributed by atoms with Crippen molar-refractivity contribution in [3.63, 3.8) is 0 Å². The summed E-state index contributed by atoms with van der Waals surface area (Å²) < 4.78 is 12.9. The monoisotopic (exact) mass is 283 g/mol. The van der Waals surface area contributed by atoms with Gasteiger partial charge in [0.05, 0.1) is 4.88 Å². The van der Waals surface area contributed by atoms with Crippen molar-refractivity contribution >= 4 is 39.4 Å². The van der Waals surface area contributed by atoms with Crippen LogP contribution in [-0.2, 0) is 0 Å². The van der Waals surface area contributed by atoms with Crippen LogP contribution in [0.25, 0.3) is 0 Å². The van der Waals surface area contributed by atoms with Crippen LogP contribution in [0.2, 0.25) is 0 Å². The van der Waals surface area contributed by atoms with E-state index >= 15 is 0 Å².